The fourth-order valence-electron chi connectivity index (χ4n) is 2.34. The van der Waals surface area contributed by atoms with Crippen LogP contribution in [0.3, 0.4) is 0 Å². The van der Waals surface area contributed by atoms with Gasteiger partial charge in [0, 0.05) is 41.8 Å². The summed E-state index contributed by atoms with van der Waals surface area (Å²) in [4.78, 5) is 26.5. The molecule has 1 fully saturated rings. The molecule has 0 spiro atoms. The van der Waals surface area contributed by atoms with E-state index in [0.29, 0.717) is 16.8 Å². The Labute approximate surface area is 110 Å². The van der Waals surface area contributed by atoms with Gasteiger partial charge < -0.3 is 4.90 Å². The maximum atomic E-state index is 12.4. The van der Waals surface area contributed by atoms with E-state index in [-0.39, 0.29) is 11.6 Å². The Kier molecular flexibility index (Phi) is 2.96. The molecule has 1 aromatic carbocycles. The molecular formula is C14H13NO2S. The number of hydrogen-bond acceptors (Lipinski definition) is 4. The Balaban J connectivity index is 1.98. The molecule has 3 rings (SSSR count). The van der Waals surface area contributed by atoms with Gasteiger partial charge in [-0.1, -0.05) is 24.3 Å². The first-order chi connectivity index (χ1) is 8.77. The lowest BCUT2D eigenvalue weighted by molar-refractivity contribution is 0.0953. The van der Waals surface area contributed by atoms with Crippen LogP contribution in [0.2, 0.25) is 0 Å². The fourth-order valence-corrected chi connectivity index (χ4v) is 3.24. The van der Waals surface area contributed by atoms with E-state index in [2.05, 4.69) is 0 Å². The summed E-state index contributed by atoms with van der Waals surface area (Å²) < 4.78 is 0. The fraction of sp³-hybridized carbons (Fsp3) is 0.286. The number of Topliss-reactive ketones (excluding diaryl/α,β-unsaturated/α-hetero) is 1. The summed E-state index contributed by atoms with van der Waals surface area (Å²) in [7, 11) is 0. The molecule has 1 saturated heterocycles. The topological polar surface area (TPSA) is 37.4 Å². The molecule has 0 bridgehead atoms. The molecule has 0 unspecified atom stereocenters. The average molecular weight is 259 g/mol. The van der Waals surface area contributed by atoms with Gasteiger partial charge >= 0.3 is 0 Å². The summed E-state index contributed by atoms with van der Waals surface area (Å²) in [6.07, 6.45) is 1.50. The standard InChI is InChI=1S/C14H13NO2S/c16-13-9-12(15-5-7-18-8-6-15)14(17)11-4-2-1-3-10(11)13/h1-4,9H,5-8H2. The van der Waals surface area contributed by atoms with Crippen LogP contribution in [0.5, 0.6) is 0 Å². The van der Waals surface area contributed by atoms with Crippen LogP contribution in [0.4, 0.5) is 0 Å². The number of fused-ring (bicyclic) bond motifs is 1. The predicted molar refractivity (Wildman–Crippen MR) is 72.1 cm³/mol. The molecule has 0 radical (unpaired) electrons. The quantitative estimate of drug-likeness (QED) is 0.773. The monoisotopic (exact) mass is 259 g/mol. The van der Waals surface area contributed by atoms with Gasteiger partial charge in [-0.15, -0.1) is 0 Å². The lowest BCUT2D eigenvalue weighted by atomic mass is 9.92. The molecule has 0 saturated carbocycles. The van der Waals surface area contributed by atoms with E-state index in [1.807, 2.05) is 16.7 Å². The zero-order chi connectivity index (χ0) is 12.5. The molecule has 1 aromatic rings. The number of rotatable bonds is 1. The Morgan fingerprint density at radius 3 is 2.39 bits per heavy atom. The van der Waals surface area contributed by atoms with Gasteiger partial charge in [0.25, 0.3) is 0 Å². The Morgan fingerprint density at radius 1 is 1.00 bits per heavy atom. The summed E-state index contributed by atoms with van der Waals surface area (Å²) in [5.74, 6) is 1.96. The number of nitrogens with zero attached hydrogens (tertiary/aromatic N) is 1. The van der Waals surface area contributed by atoms with Crippen LogP contribution in [0.1, 0.15) is 20.7 Å². The van der Waals surface area contributed by atoms with Crippen LogP contribution >= 0.6 is 11.8 Å². The second-order valence-corrected chi connectivity index (χ2v) is 5.59. The van der Waals surface area contributed by atoms with E-state index < -0.39 is 0 Å². The van der Waals surface area contributed by atoms with Crippen molar-refractivity contribution in [1.82, 2.24) is 4.90 Å². The largest absolute Gasteiger partial charge is 0.367 e. The van der Waals surface area contributed by atoms with Crippen molar-refractivity contribution in [1.29, 1.82) is 0 Å². The smallest absolute Gasteiger partial charge is 0.209 e. The Bertz CT molecular complexity index is 544. The number of carbonyl (C=O) groups is 2. The molecule has 0 atom stereocenters. The highest BCUT2D eigenvalue weighted by Crippen LogP contribution is 2.25. The average Bonchev–Trinajstić information content (AvgIpc) is 2.44. The number of carbonyl (C=O) groups excluding carboxylic acids is 2. The van der Waals surface area contributed by atoms with Crippen molar-refractivity contribution in [2.24, 2.45) is 0 Å². The maximum absolute atomic E-state index is 12.4. The lowest BCUT2D eigenvalue weighted by Gasteiger charge is -2.31. The molecule has 0 aromatic heterocycles. The summed E-state index contributed by atoms with van der Waals surface area (Å²) in [5.41, 5.74) is 1.63. The van der Waals surface area contributed by atoms with E-state index in [4.69, 9.17) is 0 Å². The van der Waals surface area contributed by atoms with Gasteiger partial charge in [-0.3, -0.25) is 9.59 Å². The molecule has 18 heavy (non-hydrogen) atoms. The van der Waals surface area contributed by atoms with Crippen LogP contribution in [-0.4, -0.2) is 41.1 Å². The first-order valence-corrected chi connectivity index (χ1v) is 7.15. The molecule has 0 amide bonds. The molecule has 1 heterocycles. The van der Waals surface area contributed by atoms with Gasteiger partial charge in [-0.2, -0.15) is 11.8 Å². The number of hydrogen-bond donors (Lipinski definition) is 0. The van der Waals surface area contributed by atoms with Crippen LogP contribution in [0.25, 0.3) is 0 Å². The van der Waals surface area contributed by atoms with E-state index in [1.54, 1.807) is 24.3 Å². The first kappa shape index (κ1) is 11.5. The van der Waals surface area contributed by atoms with E-state index in [1.165, 1.54) is 6.08 Å². The molecular weight excluding hydrogens is 246 g/mol. The molecule has 2 aliphatic rings. The molecule has 0 N–H and O–H groups in total. The SMILES string of the molecule is O=C1C=C(N2CCSCC2)C(=O)c2ccccc21. The zero-order valence-corrected chi connectivity index (χ0v) is 10.7. The molecule has 4 heteroatoms. The summed E-state index contributed by atoms with van der Waals surface area (Å²) in [6.45, 7) is 1.69. The third kappa shape index (κ3) is 1.86. The molecule has 92 valence electrons. The van der Waals surface area contributed by atoms with Crippen molar-refractivity contribution in [2.45, 2.75) is 0 Å². The van der Waals surface area contributed by atoms with Crippen LogP contribution in [-0.2, 0) is 0 Å². The van der Waals surface area contributed by atoms with Crippen LogP contribution in [0, 0.1) is 0 Å². The van der Waals surface area contributed by atoms with E-state index in [0.717, 1.165) is 24.6 Å². The highest BCUT2D eigenvalue weighted by Gasteiger charge is 2.29. The van der Waals surface area contributed by atoms with Gasteiger partial charge in [0.1, 0.15) is 0 Å². The molecule has 1 aliphatic heterocycles. The Hall–Kier alpha value is -1.55. The maximum Gasteiger partial charge on any atom is 0.209 e. The van der Waals surface area contributed by atoms with E-state index in [9.17, 15) is 9.59 Å². The minimum absolute atomic E-state index is 0.0166. The number of ketones is 2. The van der Waals surface area contributed by atoms with Crippen molar-refractivity contribution in [3.63, 3.8) is 0 Å². The van der Waals surface area contributed by atoms with Crippen LogP contribution < -0.4 is 0 Å². The highest BCUT2D eigenvalue weighted by molar-refractivity contribution is 7.99. The summed E-state index contributed by atoms with van der Waals surface area (Å²) in [5, 5.41) is 0. The lowest BCUT2D eigenvalue weighted by Crippen LogP contribution is -2.37. The van der Waals surface area contributed by atoms with Crippen molar-refractivity contribution >= 4 is 23.3 Å². The number of thioether (sulfide) groups is 1. The zero-order valence-electron chi connectivity index (χ0n) is 9.89. The third-order valence-corrected chi connectivity index (χ3v) is 4.23. The normalized spacial score (nSPS) is 19.6. The minimum Gasteiger partial charge on any atom is -0.367 e. The Morgan fingerprint density at radius 2 is 1.67 bits per heavy atom. The highest BCUT2D eigenvalue weighted by atomic mass is 32.2. The van der Waals surface area contributed by atoms with Gasteiger partial charge in [0.05, 0.1) is 5.70 Å². The molecule has 1 aliphatic carbocycles. The third-order valence-electron chi connectivity index (χ3n) is 3.29. The van der Waals surface area contributed by atoms with Crippen molar-refractivity contribution in [2.75, 3.05) is 24.6 Å². The number of benzene rings is 1. The summed E-state index contributed by atoms with van der Waals surface area (Å²) >= 11 is 1.89. The minimum atomic E-state index is -0.0570. The van der Waals surface area contributed by atoms with Gasteiger partial charge in [0.15, 0.2) is 5.78 Å². The second kappa shape index (κ2) is 4.61. The van der Waals surface area contributed by atoms with E-state index >= 15 is 0 Å². The second-order valence-electron chi connectivity index (χ2n) is 4.37. The van der Waals surface area contributed by atoms with Crippen molar-refractivity contribution in [3.8, 4) is 0 Å². The van der Waals surface area contributed by atoms with Gasteiger partial charge in [0.2, 0.25) is 5.78 Å². The number of allylic oxidation sites excluding steroid dienone is 2. The van der Waals surface area contributed by atoms with Crippen molar-refractivity contribution in [3.05, 3.63) is 47.2 Å². The van der Waals surface area contributed by atoms with Gasteiger partial charge in [-0.25, -0.2) is 0 Å². The van der Waals surface area contributed by atoms with Crippen LogP contribution in [0.15, 0.2) is 36.0 Å². The summed E-state index contributed by atoms with van der Waals surface area (Å²) in [6, 6.07) is 7.05. The first-order valence-electron chi connectivity index (χ1n) is 6.00. The molecule has 3 nitrogen and oxygen atoms in total. The van der Waals surface area contributed by atoms with Crippen molar-refractivity contribution < 1.29 is 9.59 Å². The van der Waals surface area contributed by atoms with Gasteiger partial charge in [-0.05, 0) is 0 Å². The predicted octanol–water partition coefficient (Wildman–Crippen LogP) is 2.00.